The van der Waals surface area contributed by atoms with Crippen LogP contribution in [0.5, 0.6) is 11.5 Å². The van der Waals surface area contributed by atoms with Gasteiger partial charge in [0, 0.05) is 23.0 Å². The van der Waals surface area contributed by atoms with E-state index in [2.05, 4.69) is 9.97 Å². The van der Waals surface area contributed by atoms with Crippen molar-refractivity contribution in [2.45, 2.75) is 0 Å². The van der Waals surface area contributed by atoms with Crippen LogP contribution in [0.25, 0.3) is 28.2 Å². The minimum absolute atomic E-state index is 0.0197. The number of rotatable bonds is 2. The Balaban J connectivity index is 2.07. The van der Waals surface area contributed by atoms with E-state index in [0.29, 0.717) is 27.7 Å². The van der Waals surface area contributed by atoms with Crippen molar-refractivity contribution in [2.75, 3.05) is 0 Å². The fourth-order valence-electron chi connectivity index (χ4n) is 2.75. The number of hydrogen-bond acceptors (Lipinski definition) is 4. The number of nitrogens with zero attached hydrogens (tertiary/aromatic N) is 3. The van der Waals surface area contributed by atoms with Gasteiger partial charge in [-0.05, 0) is 30.3 Å². The summed E-state index contributed by atoms with van der Waals surface area (Å²) in [5.41, 5.74) is 2.26. The minimum Gasteiger partial charge on any atom is -0.506 e. The molecule has 0 aliphatic rings. The third kappa shape index (κ3) is 2.58. The number of hydrogen-bond donors (Lipinski definition) is 2. The van der Waals surface area contributed by atoms with Crippen molar-refractivity contribution in [1.82, 2.24) is 14.4 Å². The minimum atomic E-state index is -0.104. The average Bonchev–Trinajstić information content (AvgIpc) is 2.98. The lowest BCUT2D eigenvalue weighted by Crippen LogP contribution is -1.89. The maximum atomic E-state index is 10.4. The number of pyridine rings is 2. The van der Waals surface area contributed by atoms with Crippen LogP contribution >= 0.6 is 23.2 Å². The Morgan fingerprint density at radius 3 is 2.64 bits per heavy atom. The number of fused-ring (bicyclic) bond motifs is 1. The van der Waals surface area contributed by atoms with Crippen LogP contribution in [0.1, 0.15) is 0 Å². The zero-order valence-corrected chi connectivity index (χ0v) is 14.2. The van der Waals surface area contributed by atoms with Crippen molar-refractivity contribution in [3.05, 3.63) is 65.0 Å². The zero-order chi connectivity index (χ0) is 17.6. The van der Waals surface area contributed by atoms with Gasteiger partial charge in [0.05, 0.1) is 22.3 Å². The molecule has 1 aromatic carbocycles. The normalized spacial score (nSPS) is 11.1. The molecule has 4 aromatic rings. The number of halogens is 2. The first-order valence-electron chi connectivity index (χ1n) is 7.35. The molecule has 4 rings (SSSR count). The Morgan fingerprint density at radius 2 is 1.84 bits per heavy atom. The lowest BCUT2D eigenvalue weighted by molar-refractivity contribution is 0.474. The molecule has 0 amide bonds. The van der Waals surface area contributed by atoms with Gasteiger partial charge in [-0.1, -0.05) is 29.3 Å². The first-order valence-corrected chi connectivity index (χ1v) is 8.10. The third-order valence-electron chi connectivity index (χ3n) is 3.87. The van der Waals surface area contributed by atoms with Gasteiger partial charge in [-0.25, -0.2) is 4.98 Å². The van der Waals surface area contributed by atoms with E-state index in [1.807, 2.05) is 24.4 Å². The van der Waals surface area contributed by atoms with Crippen LogP contribution in [0.3, 0.4) is 0 Å². The van der Waals surface area contributed by atoms with E-state index >= 15 is 0 Å². The molecule has 3 aromatic heterocycles. The molecule has 0 saturated carbocycles. The number of benzene rings is 1. The first kappa shape index (κ1) is 15.7. The largest absolute Gasteiger partial charge is 0.506 e. The van der Waals surface area contributed by atoms with Gasteiger partial charge in [-0.3, -0.25) is 9.38 Å². The van der Waals surface area contributed by atoms with Crippen LogP contribution < -0.4 is 0 Å². The van der Waals surface area contributed by atoms with Gasteiger partial charge in [-0.15, -0.1) is 0 Å². The van der Waals surface area contributed by atoms with E-state index in [9.17, 15) is 10.2 Å². The fourth-order valence-corrected chi connectivity index (χ4v) is 3.24. The SMILES string of the molecule is Oc1cnccc1-c1nc(-c2cc(Cl)cc(Cl)c2O)n2ccccc12. The maximum Gasteiger partial charge on any atom is 0.149 e. The second kappa shape index (κ2) is 5.95. The molecular weight excluding hydrogens is 361 g/mol. The van der Waals surface area contributed by atoms with Crippen LogP contribution in [-0.2, 0) is 0 Å². The van der Waals surface area contributed by atoms with Crippen molar-refractivity contribution in [3.63, 3.8) is 0 Å². The summed E-state index contributed by atoms with van der Waals surface area (Å²) in [4.78, 5) is 8.52. The number of phenols is 1. The highest BCUT2D eigenvalue weighted by molar-refractivity contribution is 6.36. The number of imidazole rings is 1. The van der Waals surface area contributed by atoms with Crippen LogP contribution in [-0.4, -0.2) is 24.6 Å². The highest BCUT2D eigenvalue weighted by atomic mass is 35.5. The summed E-state index contributed by atoms with van der Waals surface area (Å²) in [5.74, 6) is 0.377. The Hall–Kier alpha value is -2.76. The second-order valence-corrected chi connectivity index (χ2v) is 6.26. The molecule has 0 spiro atoms. The predicted octanol–water partition coefficient (Wildman–Crippen LogP) is 4.78. The van der Waals surface area contributed by atoms with Crippen LogP contribution in [0.2, 0.25) is 10.0 Å². The molecular formula is C18H11Cl2N3O2. The molecule has 5 nitrogen and oxygen atoms in total. The van der Waals surface area contributed by atoms with E-state index in [-0.39, 0.29) is 16.5 Å². The highest BCUT2D eigenvalue weighted by Crippen LogP contribution is 2.40. The lowest BCUT2D eigenvalue weighted by atomic mass is 10.1. The fraction of sp³-hybridized carbons (Fsp3) is 0. The smallest absolute Gasteiger partial charge is 0.149 e. The summed E-state index contributed by atoms with van der Waals surface area (Å²) in [6.45, 7) is 0. The maximum absolute atomic E-state index is 10.4. The molecule has 0 aliphatic heterocycles. The monoisotopic (exact) mass is 371 g/mol. The summed E-state index contributed by atoms with van der Waals surface area (Å²) >= 11 is 12.1. The van der Waals surface area contributed by atoms with Crippen LogP contribution in [0, 0.1) is 0 Å². The summed E-state index contributed by atoms with van der Waals surface area (Å²) in [6, 6.07) is 10.3. The Bertz CT molecular complexity index is 1110. The molecule has 25 heavy (non-hydrogen) atoms. The van der Waals surface area contributed by atoms with Crippen molar-refractivity contribution in [3.8, 4) is 34.1 Å². The van der Waals surface area contributed by atoms with E-state index in [1.165, 1.54) is 12.3 Å². The van der Waals surface area contributed by atoms with Gasteiger partial charge >= 0.3 is 0 Å². The number of phenolic OH excluding ortho intramolecular Hbond substituents is 1. The molecule has 124 valence electrons. The van der Waals surface area contributed by atoms with Gasteiger partial charge in [0.15, 0.2) is 0 Å². The van der Waals surface area contributed by atoms with Gasteiger partial charge in [0.2, 0.25) is 0 Å². The molecule has 0 radical (unpaired) electrons. The number of aromatic hydroxyl groups is 2. The second-order valence-electron chi connectivity index (χ2n) is 5.42. The third-order valence-corrected chi connectivity index (χ3v) is 4.38. The molecule has 0 atom stereocenters. The molecule has 0 fully saturated rings. The number of aromatic nitrogens is 3. The van der Waals surface area contributed by atoms with Gasteiger partial charge in [-0.2, -0.15) is 0 Å². The van der Waals surface area contributed by atoms with Gasteiger partial charge in [0.1, 0.15) is 23.0 Å². The Morgan fingerprint density at radius 1 is 1.00 bits per heavy atom. The van der Waals surface area contributed by atoms with E-state index in [1.54, 1.807) is 22.7 Å². The van der Waals surface area contributed by atoms with Crippen LogP contribution in [0.15, 0.2) is 55.0 Å². The molecule has 0 aliphatic carbocycles. The summed E-state index contributed by atoms with van der Waals surface area (Å²) in [5, 5.41) is 21.0. The molecule has 0 saturated heterocycles. The Labute approximate surface area is 152 Å². The van der Waals surface area contributed by atoms with E-state index in [4.69, 9.17) is 23.2 Å². The van der Waals surface area contributed by atoms with Crippen LogP contribution in [0.4, 0.5) is 0 Å². The average molecular weight is 372 g/mol. The standard InChI is InChI=1S/C18H11Cl2N3O2/c19-10-7-12(17(25)13(20)8-10)18-22-16(11-4-5-21-9-15(11)24)14-3-1-2-6-23(14)18/h1-9,24-25H. The van der Waals surface area contributed by atoms with Crippen molar-refractivity contribution < 1.29 is 10.2 Å². The molecule has 7 heteroatoms. The molecule has 2 N–H and O–H groups in total. The van der Waals surface area contributed by atoms with Gasteiger partial charge in [0.25, 0.3) is 0 Å². The van der Waals surface area contributed by atoms with E-state index < -0.39 is 0 Å². The zero-order valence-electron chi connectivity index (χ0n) is 12.7. The topological polar surface area (TPSA) is 70.7 Å². The molecule has 0 unspecified atom stereocenters. The summed E-state index contributed by atoms with van der Waals surface area (Å²) in [7, 11) is 0. The van der Waals surface area contributed by atoms with Gasteiger partial charge < -0.3 is 10.2 Å². The predicted molar refractivity (Wildman–Crippen MR) is 97.2 cm³/mol. The van der Waals surface area contributed by atoms with Crippen molar-refractivity contribution in [2.24, 2.45) is 0 Å². The molecule has 3 heterocycles. The first-order chi connectivity index (χ1) is 12.1. The quantitative estimate of drug-likeness (QED) is 0.531. The van der Waals surface area contributed by atoms with Crippen molar-refractivity contribution in [1.29, 1.82) is 0 Å². The summed E-state index contributed by atoms with van der Waals surface area (Å²) < 4.78 is 1.80. The van der Waals surface area contributed by atoms with E-state index in [0.717, 1.165) is 5.52 Å². The lowest BCUT2D eigenvalue weighted by Gasteiger charge is -2.06. The molecule has 0 bridgehead atoms. The Kier molecular flexibility index (Phi) is 3.75. The summed E-state index contributed by atoms with van der Waals surface area (Å²) in [6.07, 6.45) is 4.75. The highest BCUT2D eigenvalue weighted by Gasteiger charge is 2.20. The van der Waals surface area contributed by atoms with Crippen molar-refractivity contribution >= 4 is 28.7 Å².